The number of hydrogen-bond donors (Lipinski definition) is 1. The van der Waals surface area contributed by atoms with E-state index in [4.69, 9.17) is 4.74 Å². The highest BCUT2D eigenvalue weighted by Gasteiger charge is 2.24. The van der Waals surface area contributed by atoms with E-state index < -0.39 is 0 Å². The fourth-order valence-corrected chi connectivity index (χ4v) is 2.99. The molecule has 1 saturated heterocycles. The van der Waals surface area contributed by atoms with Crippen LogP contribution >= 0.6 is 0 Å². The van der Waals surface area contributed by atoms with Crippen molar-refractivity contribution in [2.24, 2.45) is 7.05 Å². The Bertz CT molecular complexity index is 517. The molecule has 130 valence electrons. The molecule has 0 aromatic carbocycles. The van der Waals surface area contributed by atoms with Gasteiger partial charge in [0.25, 0.3) is 0 Å². The number of aromatic nitrogens is 2. The molecular formula is C16H29N5O2. The van der Waals surface area contributed by atoms with Crippen LogP contribution in [0.4, 0.5) is 5.82 Å². The maximum Gasteiger partial charge on any atom is 0.239 e. The Balaban J connectivity index is 1.76. The SMILES string of the molecule is CCOCCN1CCN(CC(=O)Nc2cc(C)nn2C)C[C@@H]1C. The highest BCUT2D eigenvalue weighted by atomic mass is 16.5. The van der Waals surface area contributed by atoms with Gasteiger partial charge in [0.15, 0.2) is 0 Å². The summed E-state index contributed by atoms with van der Waals surface area (Å²) < 4.78 is 7.12. The van der Waals surface area contributed by atoms with Crippen molar-refractivity contribution in [1.82, 2.24) is 19.6 Å². The third-order valence-electron chi connectivity index (χ3n) is 4.21. The first-order valence-corrected chi connectivity index (χ1v) is 8.34. The van der Waals surface area contributed by atoms with Crippen molar-refractivity contribution in [2.45, 2.75) is 26.8 Å². The molecule has 1 aromatic rings. The van der Waals surface area contributed by atoms with E-state index in [9.17, 15) is 4.79 Å². The molecule has 1 aliphatic heterocycles. The van der Waals surface area contributed by atoms with Crippen LogP contribution in [0.1, 0.15) is 19.5 Å². The van der Waals surface area contributed by atoms with Gasteiger partial charge in [-0.05, 0) is 20.8 Å². The second-order valence-corrected chi connectivity index (χ2v) is 6.16. The van der Waals surface area contributed by atoms with Gasteiger partial charge in [0.1, 0.15) is 5.82 Å². The quantitative estimate of drug-likeness (QED) is 0.749. The Hall–Kier alpha value is -1.44. The van der Waals surface area contributed by atoms with E-state index in [1.807, 2.05) is 27.0 Å². The second kappa shape index (κ2) is 8.42. The molecule has 1 N–H and O–H groups in total. The molecular weight excluding hydrogens is 294 g/mol. The number of amides is 1. The first-order valence-electron chi connectivity index (χ1n) is 8.34. The number of rotatable bonds is 7. The van der Waals surface area contributed by atoms with Crippen LogP contribution in [0.15, 0.2) is 6.07 Å². The Morgan fingerprint density at radius 1 is 1.48 bits per heavy atom. The zero-order valence-electron chi connectivity index (χ0n) is 14.7. The predicted octanol–water partition coefficient (Wildman–Crippen LogP) is 0.710. The van der Waals surface area contributed by atoms with Crippen LogP contribution in [-0.2, 0) is 16.6 Å². The van der Waals surface area contributed by atoms with Gasteiger partial charge in [-0.25, -0.2) is 0 Å². The summed E-state index contributed by atoms with van der Waals surface area (Å²) in [5, 5.41) is 7.17. The lowest BCUT2D eigenvalue weighted by Gasteiger charge is -2.39. The van der Waals surface area contributed by atoms with E-state index >= 15 is 0 Å². The summed E-state index contributed by atoms with van der Waals surface area (Å²) in [7, 11) is 1.84. The smallest absolute Gasteiger partial charge is 0.239 e. The average molecular weight is 323 g/mol. The van der Waals surface area contributed by atoms with Crippen molar-refractivity contribution in [3.8, 4) is 0 Å². The Morgan fingerprint density at radius 3 is 2.87 bits per heavy atom. The Kier molecular flexibility index (Phi) is 6.56. The maximum atomic E-state index is 12.2. The molecule has 0 spiro atoms. The Labute approximate surface area is 138 Å². The van der Waals surface area contributed by atoms with Crippen LogP contribution < -0.4 is 5.32 Å². The molecule has 1 atom stereocenters. The van der Waals surface area contributed by atoms with E-state index in [0.29, 0.717) is 12.6 Å². The number of carbonyl (C=O) groups is 1. The van der Waals surface area contributed by atoms with Gasteiger partial charge < -0.3 is 10.1 Å². The van der Waals surface area contributed by atoms with Crippen molar-refractivity contribution in [2.75, 3.05) is 51.3 Å². The molecule has 2 heterocycles. The maximum absolute atomic E-state index is 12.2. The molecule has 7 nitrogen and oxygen atoms in total. The molecule has 1 amide bonds. The average Bonchev–Trinajstić information content (AvgIpc) is 2.79. The van der Waals surface area contributed by atoms with Crippen molar-refractivity contribution in [3.63, 3.8) is 0 Å². The predicted molar refractivity (Wildman–Crippen MR) is 90.5 cm³/mol. The minimum absolute atomic E-state index is 0.0166. The number of hydrogen-bond acceptors (Lipinski definition) is 5. The van der Waals surface area contributed by atoms with Crippen LogP contribution in [-0.4, -0.2) is 77.5 Å². The molecule has 0 saturated carbocycles. The lowest BCUT2D eigenvalue weighted by atomic mass is 10.2. The monoisotopic (exact) mass is 323 g/mol. The van der Waals surface area contributed by atoms with Gasteiger partial charge in [0.2, 0.25) is 5.91 Å². The molecule has 23 heavy (non-hydrogen) atoms. The number of anilines is 1. The molecule has 0 bridgehead atoms. The van der Waals surface area contributed by atoms with E-state index in [1.165, 1.54) is 0 Å². The summed E-state index contributed by atoms with van der Waals surface area (Å²) in [5.74, 6) is 0.763. The number of piperazine rings is 1. The summed E-state index contributed by atoms with van der Waals surface area (Å²) in [6.45, 7) is 11.9. The first kappa shape index (κ1) is 17.9. The van der Waals surface area contributed by atoms with Gasteiger partial charge >= 0.3 is 0 Å². The number of nitrogens with zero attached hydrogens (tertiary/aromatic N) is 4. The fourth-order valence-electron chi connectivity index (χ4n) is 2.99. The number of carbonyl (C=O) groups excluding carboxylic acids is 1. The lowest BCUT2D eigenvalue weighted by Crippen LogP contribution is -2.54. The summed E-state index contributed by atoms with van der Waals surface area (Å²) in [6.07, 6.45) is 0. The van der Waals surface area contributed by atoms with Crippen LogP contribution in [0.2, 0.25) is 0 Å². The third-order valence-corrected chi connectivity index (χ3v) is 4.21. The van der Waals surface area contributed by atoms with Crippen molar-refractivity contribution < 1.29 is 9.53 Å². The minimum atomic E-state index is 0.0166. The van der Waals surface area contributed by atoms with E-state index in [2.05, 4.69) is 27.1 Å². The fraction of sp³-hybridized carbons (Fsp3) is 0.750. The van der Waals surface area contributed by atoms with Crippen molar-refractivity contribution >= 4 is 11.7 Å². The number of aryl methyl sites for hydroxylation is 2. The van der Waals surface area contributed by atoms with E-state index in [0.717, 1.165) is 50.9 Å². The molecule has 0 aliphatic carbocycles. The van der Waals surface area contributed by atoms with Crippen LogP contribution in [0.25, 0.3) is 0 Å². The third kappa shape index (κ3) is 5.30. The van der Waals surface area contributed by atoms with Crippen LogP contribution in [0.5, 0.6) is 0 Å². The molecule has 0 unspecified atom stereocenters. The number of nitrogens with one attached hydrogen (secondary N) is 1. The van der Waals surface area contributed by atoms with Gasteiger partial charge in [-0.1, -0.05) is 0 Å². The van der Waals surface area contributed by atoms with E-state index in [1.54, 1.807) is 4.68 Å². The molecule has 1 aromatic heterocycles. The molecule has 2 rings (SSSR count). The molecule has 1 aliphatic rings. The summed E-state index contributed by atoms with van der Waals surface area (Å²) in [6, 6.07) is 2.32. The molecule has 0 radical (unpaired) electrons. The zero-order valence-corrected chi connectivity index (χ0v) is 14.7. The summed E-state index contributed by atoms with van der Waals surface area (Å²) >= 11 is 0. The topological polar surface area (TPSA) is 62.6 Å². The normalized spacial score (nSPS) is 19.9. The van der Waals surface area contributed by atoms with Gasteiger partial charge in [-0.15, -0.1) is 0 Å². The highest BCUT2D eigenvalue weighted by Crippen LogP contribution is 2.11. The van der Waals surface area contributed by atoms with Crippen molar-refractivity contribution in [1.29, 1.82) is 0 Å². The van der Waals surface area contributed by atoms with Gasteiger partial charge in [0.05, 0.1) is 18.8 Å². The largest absolute Gasteiger partial charge is 0.380 e. The van der Waals surface area contributed by atoms with Crippen LogP contribution in [0, 0.1) is 6.92 Å². The zero-order chi connectivity index (χ0) is 16.8. The number of ether oxygens (including phenoxy) is 1. The van der Waals surface area contributed by atoms with E-state index in [-0.39, 0.29) is 5.91 Å². The summed E-state index contributed by atoms with van der Waals surface area (Å²) in [4.78, 5) is 16.8. The molecule has 7 heteroatoms. The second-order valence-electron chi connectivity index (χ2n) is 6.16. The van der Waals surface area contributed by atoms with Gasteiger partial charge in [-0.2, -0.15) is 5.10 Å². The summed E-state index contributed by atoms with van der Waals surface area (Å²) in [5.41, 5.74) is 0.902. The van der Waals surface area contributed by atoms with Gasteiger partial charge in [0, 0.05) is 51.9 Å². The lowest BCUT2D eigenvalue weighted by molar-refractivity contribution is -0.118. The Morgan fingerprint density at radius 2 is 2.26 bits per heavy atom. The minimum Gasteiger partial charge on any atom is -0.380 e. The van der Waals surface area contributed by atoms with Crippen LogP contribution in [0.3, 0.4) is 0 Å². The highest BCUT2D eigenvalue weighted by molar-refractivity contribution is 5.91. The standard InChI is InChI=1S/C16H29N5O2/c1-5-23-9-8-21-7-6-20(11-14(21)3)12-16(22)17-15-10-13(2)18-19(15)4/h10,14H,5-9,11-12H2,1-4H3,(H,17,22)/t14-/m0/s1. The van der Waals surface area contributed by atoms with Crippen molar-refractivity contribution in [3.05, 3.63) is 11.8 Å². The first-order chi connectivity index (χ1) is 11.0. The molecule has 1 fully saturated rings. The van der Waals surface area contributed by atoms with Gasteiger partial charge in [-0.3, -0.25) is 19.3 Å².